The van der Waals surface area contributed by atoms with Crippen LogP contribution >= 0.6 is 34.5 Å². The number of carbonyl (C=O) groups excluding carboxylic acids is 1. The van der Waals surface area contributed by atoms with Crippen molar-refractivity contribution in [3.8, 4) is 17.2 Å². The average Bonchev–Trinajstić information content (AvgIpc) is 3.29. The molecule has 8 nitrogen and oxygen atoms in total. The van der Waals surface area contributed by atoms with Crippen LogP contribution in [-0.4, -0.2) is 30.4 Å². The molecule has 4 aromatic rings. The van der Waals surface area contributed by atoms with E-state index in [4.69, 9.17) is 42.1 Å². The number of para-hydroxylation sites is 1. The van der Waals surface area contributed by atoms with Crippen molar-refractivity contribution in [2.75, 3.05) is 13.7 Å². The molecule has 0 aliphatic carbocycles. The van der Waals surface area contributed by atoms with Gasteiger partial charge in [0.25, 0.3) is 5.56 Å². The fourth-order valence-electron chi connectivity index (χ4n) is 5.05. The minimum Gasteiger partial charge on any atom is -0.493 e. The largest absolute Gasteiger partial charge is 0.493 e. The predicted octanol–water partition coefficient (Wildman–Crippen LogP) is 6.48. The van der Waals surface area contributed by atoms with Gasteiger partial charge in [0.15, 0.2) is 16.3 Å². The van der Waals surface area contributed by atoms with Gasteiger partial charge in [-0.15, -0.1) is 0 Å². The van der Waals surface area contributed by atoms with Gasteiger partial charge in [0.2, 0.25) is 0 Å². The standard InChI is InChI=1S/C34H32Cl2N2O6S/c1-6-42-33(40)29-20(4)37-34-38(30(29)24-12-7-8-13-26(24)44-19(2)3)32(39)28(45-34)17-22-15-25(36)31(27(16-22)41-5)43-18-21-10-9-11-23(35)14-21/h7-17,19,30H,6,18H2,1-5H3/b28-17-/t30-/m1/s1. The van der Waals surface area contributed by atoms with Crippen molar-refractivity contribution in [1.82, 2.24) is 4.57 Å². The van der Waals surface area contributed by atoms with Crippen LogP contribution < -0.4 is 29.1 Å². The zero-order valence-corrected chi connectivity index (χ0v) is 27.8. The van der Waals surface area contributed by atoms with Crippen molar-refractivity contribution in [3.63, 3.8) is 0 Å². The minimum atomic E-state index is -0.808. The number of carbonyl (C=O) groups is 1. The Balaban J connectivity index is 1.60. The third-order valence-electron chi connectivity index (χ3n) is 6.92. The Bertz CT molecular complexity index is 1960. The van der Waals surface area contributed by atoms with Gasteiger partial charge in [-0.05, 0) is 75.2 Å². The van der Waals surface area contributed by atoms with Crippen molar-refractivity contribution < 1.29 is 23.7 Å². The summed E-state index contributed by atoms with van der Waals surface area (Å²) in [4.78, 5) is 32.5. The van der Waals surface area contributed by atoms with Gasteiger partial charge in [0, 0.05) is 10.6 Å². The molecule has 0 N–H and O–H groups in total. The monoisotopic (exact) mass is 666 g/mol. The second kappa shape index (κ2) is 13.9. The number of allylic oxidation sites excluding steroid dienone is 1. The van der Waals surface area contributed by atoms with Gasteiger partial charge >= 0.3 is 5.97 Å². The molecule has 0 radical (unpaired) electrons. The molecule has 1 atom stereocenters. The quantitative estimate of drug-likeness (QED) is 0.180. The highest BCUT2D eigenvalue weighted by Crippen LogP contribution is 2.38. The van der Waals surface area contributed by atoms with Gasteiger partial charge in [-0.25, -0.2) is 9.79 Å². The fraction of sp³-hybridized carbons (Fsp3) is 0.265. The maximum Gasteiger partial charge on any atom is 0.338 e. The number of halogens is 2. The molecular formula is C34H32Cl2N2O6S. The molecule has 11 heteroatoms. The van der Waals surface area contributed by atoms with Crippen molar-refractivity contribution in [3.05, 3.63) is 118 Å². The van der Waals surface area contributed by atoms with Crippen LogP contribution in [0.25, 0.3) is 6.08 Å². The number of hydrogen-bond acceptors (Lipinski definition) is 8. The summed E-state index contributed by atoms with van der Waals surface area (Å²) in [6, 6.07) is 17.4. The summed E-state index contributed by atoms with van der Waals surface area (Å²) in [6.45, 7) is 7.73. The Kier molecular flexibility index (Phi) is 10.0. The number of nitrogens with zero attached hydrogens (tertiary/aromatic N) is 2. The molecule has 0 saturated carbocycles. The summed E-state index contributed by atoms with van der Waals surface area (Å²) in [6.07, 6.45) is 1.59. The Morgan fingerprint density at radius 3 is 2.58 bits per heavy atom. The smallest absolute Gasteiger partial charge is 0.338 e. The van der Waals surface area contributed by atoms with Gasteiger partial charge in [0.1, 0.15) is 18.4 Å². The number of hydrogen-bond donors (Lipinski definition) is 0. The van der Waals surface area contributed by atoms with Crippen LogP contribution in [0.4, 0.5) is 0 Å². The van der Waals surface area contributed by atoms with Crippen LogP contribution in [0, 0.1) is 0 Å². The molecule has 45 heavy (non-hydrogen) atoms. The molecule has 0 fully saturated rings. The molecule has 1 aliphatic heterocycles. The predicted molar refractivity (Wildman–Crippen MR) is 176 cm³/mol. The molecule has 0 unspecified atom stereocenters. The zero-order valence-electron chi connectivity index (χ0n) is 25.4. The fourth-order valence-corrected chi connectivity index (χ4v) is 6.58. The number of aromatic nitrogens is 1. The zero-order chi connectivity index (χ0) is 32.2. The lowest BCUT2D eigenvalue weighted by Crippen LogP contribution is -2.40. The topological polar surface area (TPSA) is 88.4 Å². The summed E-state index contributed by atoms with van der Waals surface area (Å²) in [5.74, 6) is 0.798. The number of esters is 1. The Morgan fingerprint density at radius 1 is 1.09 bits per heavy atom. The van der Waals surface area contributed by atoms with Crippen LogP contribution in [0.5, 0.6) is 17.2 Å². The molecule has 3 aromatic carbocycles. The van der Waals surface area contributed by atoms with E-state index in [1.807, 2.05) is 56.3 Å². The average molecular weight is 668 g/mol. The van der Waals surface area contributed by atoms with Crippen LogP contribution in [0.3, 0.4) is 0 Å². The highest BCUT2D eigenvalue weighted by Gasteiger charge is 2.35. The van der Waals surface area contributed by atoms with Crippen LogP contribution in [0.15, 0.2) is 81.7 Å². The third-order valence-corrected chi connectivity index (χ3v) is 8.41. The lowest BCUT2D eigenvalue weighted by molar-refractivity contribution is -0.139. The number of rotatable bonds is 10. The minimum absolute atomic E-state index is 0.129. The molecule has 2 heterocycles. The Morgan fingerprint density at radius 2 is 1.87 bits per heavy atom. The molecule has 0 saturated heterocycles. The number of ether oxygens (including phenoxy) is 4. The molecule has 234 valence electrons. The van der Waals surface area contributed by atoms with E-state index in [0.717, 1.165) is 5.56 Å². The van der Waals surface area contributed by atoms with E-state index in [9.17, 15) is 9.59 Å². The highest BCUT2D eigenvalue weighted by atomic mass is 35.5. The van der Waals surface area contributed by atoms with Crippen molar-refractivity contribution in [2.45, 2.75) is 46.4 Å². The van der Waals surface area contributed by atoms with E-state index in [1.54, 1.807) is 38.1 Å². The van der Waals surface area contributed by atoms with Gasteiger partial charge in [0.05, 0.1) is 40.6 Å². The van der Waals surface area contributed by atoms with Crippen LogP contribution in [0.1, 0.15) is 50.4 Å². The van der Waals surface area contributed by atoms with E-state index in [-0.39, 0.29) is 30.5 Å². The molecule has 1 aromatic heterocycles. The summed E-state index contributed by atoms with van der Waals surface area (Å²) in [5.41, 5.74) is 2.57. The third kappa shape index (κ3) is 6.96. The molecule has 0 spiro atoms. The highest BCUT2D eigenvalue weighted by molar-refractivity contribution is 7.07. The maximum absolute atomic E-state index is 14.1. The van der Waals surface area contributed by atoms with E-state index in [1.165, 1.54) is 23.0 Å². The molecule has 0 bridgehead atoms. The number of fused-ring (bicyclic) bond motifs is 1. The maximum atomic E-state index is 14.1. The summed E-state index contributed by atoms with van der Waals surface area (Å²) in [7, 11) is 1.52. The number of benzene rings is 3. The molecule has 1 aliphatic rings. The first-order valence-corrected chi connectivity index (χ1v) is 15.9. The van der Waals surface area contributed by atoms with Gasteiger partial charge in [-0.2, -0.15) is 0 Å². The van der Waals surface area contributed by atoms with Crippen LogP contribution in [-0.2, 0) is 16.1 Å². The van der Waals surface area contributed by atoms with Crippen molar-refractivity contribution in [1.29, 1.82) is 0 Å². The number of methoxy groups -OCH3 is 1. The lowest BCUT2D eigenvalue weighted by atomic mass is 9.95. The summed E-state index contributed by atoms with van der Waals surface area (Å²) >= 11 is 14.0. The summed E-state index contributed by atoms with van der Waals surface area (Å²) in [5, 5.41) is 0.919. The Hall–Kier alpha value is -4.05. The second-order valence-corrected chi connectivity index (χ2v) is 12.3. The van der Waals surface area contributed by atoms with Gasteiger partial charge in [-0.3, -0.25) is 9.36 Å². The van der Waals surface area contributed by atoms with Gasteiger partial charge in [-0.1, -0.05) is 64.9 Å². The lowest BCUT2D eigenvalue weighted by Gasteiger charge is -2.26. The van der Waals surface area contributed by atoms with Crippen molar-refractivity contribution in [2.24, 2.45) is 4.99 Å². The number of thiazole rings is 1. The van der Waals surface area contributed by atoms with E-state index < -0.39 is 12.0 Å². The Labute approximate surface area is 274 Å². The first-order valence-electron chi connectivity index (χ1n) is 14.3. The first-order chi connectivity index (χ1) is 21.6. The van der Waals surface area contributed by atoms with Gasteiger partial charge < -0.3 is 18.9 Å². The molecule has 0 amide bonds. The normalized spacial score (nSPS) is 14.7. The second-order valence-electron chi connectivity index (χ2n) is 10.5. The first kappa shape index (κ1) is 32.3. The molecule has 5 rings (SSSR count). The van der Waals surface area contributed by atoms with Crippen LogP contribution in [0.2, 0.25) is 10.0 Å². The van der Waals surface area contributed by atoms with E-state index in [2.05, 4.69) is 4.99 Å². The van der Waals surface area contributed by atoms with E-state index >= 15 is 0 Å². The van der Waals surface area contributed by atoms with E-state index in [0.29, 0.717) is 53.5 Å². The summed E-state index contributed by atoms with van der Waals surface area (Å²) < 4.78 is 25.0. The molecular weight excluding hydrogens is 635 g/mol. The van der Waals surface area contributed by atoms with Crippen molar-refractivity contribution >= 4 is 46.6 Å². The SMILES string of the molecule is CCOC(=O)C1=C(C)N=c2s/c(=C\c3cc(Cl)c(OCc4cccc(Cl)c4)c(OC)c3)c(=O)n2[C@@H]1c1ccccc1OC(C)C.